The van der Waals surface area contributed by atoms with Crippen molar-refractivity contribution < 1.29 is 22.6 Å². The van der Waals surface area contributed by atoms with Gasteiger partial charge in [-0.15, -0.1) is 0 Å². The van der Waals surface area contributed by atoms with Crippen LogP contribution in [0.1, 0.15) is 18.4 Å². The van der Waals surface area contributed by atoms with Crippen molar-refractivity contribution >= 4 is 5.69 Å². The first-order valence-corrected chi connectivity index (χ1v) is 5.68. The molecule has 0 aliphatic carbocycles. The van der Waals surface area contributed by atoms with Gasteiger partial charge < -0.3 is 15.2 Å². The molecule has 0 bridgehead atoms. The van der Waals surface area contributed by atoms with Gasteiger partial charge in [-0.1, -0.05) is 0 Å². The van der Waals surface area contributed by atoms with Crippen molar-refractivity contribution in [2.75, 3.05) is 18.9 Å². The van der Waals surface area contributed by atoms with Crippen LogP contribution in [0.4, 0.5) is 18.9 Å². The van der Waals surface area contributed by atoms with Crippen LogP contribution in [0.5, 0.6) is 5.75 Å². The second kappa shape index (κ2) is 5.06. The molecule has 0 radical (unpaired) electrons. The number of ether oxygens (including phenoxy) is 2. The molecule has 3 nitrogen and oxygen atoms in total. The maximum absolute atomic E-state index is 12.4. The van der Waals surface area contributed by atoms with Crippen molar-refractivity contribution in [2.45, 2.75) is 25.1 Å². The predicted octanol–water partition coefficient (Wildman–Crippen LogP) is 2.85. The number of nitrogen functional groups attached to an aromatic ring is 1. The summed E-state index contributed by atoms with van der Waals surface area (Å²) in [5.41, 5.74) is 4.79. The molecule has 0 spiro atoms. The molecule has 1 aromatic carbocycles. The fourth-order valence-corrected chi connectivity index (χ4v) is 1.82. The number of hydrogen-bond acceptors (Lipinski definition) is 3. The number of alkyl halides is 3. The summed E-state index contributed by atoms with van der Waals surface area (Å²) in [7, 11) is 0. The van der Waals surface area contributed by atoms with Crippen LogP contribution in [-0.4, -0.2) is 19.3 Å². The van der Waals surface area contributed by atoms with Crippen molar-refractivity contribution in [3.8, 4) is 5.75 Å². The van der Waals surface area contributed by atoms with Crippen LogP contribution in [0.25, 0.3) is 0 Å². The molecular formula is C12H14F3NO2. The maximum Gasteiger partial charge on any atom is 0.416 e. The largest absolute Gasteiger partial charge is 0.486 e. The molecule has 1 aromatic rings. The average molecular weight is 261 g/mol. The van der Waals surface area contributed by atoms with E-state index in [9.17, 15) is 13.2 Å². The zero-order valence-electron chi connectivity index (χ0n) is 9.67. The highest BCUT2D eigenvalue weighted by molar-refractivity contribution is 5.54. The third-order valence-corrected chi connectivity index (χ3v) is 2.75. The minimum Gasteiger partial charge on any atom is -0.486 e. The van der Waals surface area contributed by atoms with Gasteiger partial charge in [0.25, 0.3) is 0 Å². The molecular weight excluding hydrogens is 247 g/mol. The maximum atomic E-state index is 12.4. The SMILES string of the molecule is Nc1cc(C(F)(F)F)ccc1OC1CCCOC1. The van der Waals surface area contributed by atoms with E-state index in [4.69, 9.17) is 15.2 Å². The molecule has 0 aromatic heterocycles. The predicted molar refractivity (Wildman–Crippen MR) is 60.3 cm³/mol. The Hall–Kier alpha value is -1.43. The lowest BCUT2D eigenvalue weighted by Gasteiger charge is -2.24. The molecule has 2 N–H and O–H groups in total. The van der Waals surface area contributed by atoms with Gasteiger partial charge >= 0.3 is 6.18 Å². The van der Waals surface area contributed by atoms with E-state index < -0.39 is 11.7 Å². The second-order valence-electron chi connectivity index (χ2n) is 4.21. The van der Waals surface area contributed by atoms with Crippen molar-refractivity contribution in [1.29, 1.82) is 0 Å². The Morgan fingerprint density at radius 2 is 2.11 bits per heavy atom. The number of nitrogens with two attached hydrogens (primary N) is 1. The molecule has 6 heteroatoms. The fraction of sp³-hybridized carbons (Fsp3) is 0.500. The molecule has 1 aliphatic rings. The minimum atomic E-state index is -4.39. The van der Waals surface area contributed by atoms with Crippen LogP contribution >= 0.6 is 0 Å². The molecule has 1 aliphatic heterocycles. The highest BCUT2D eigenvalue weighted by atomic mass is 19.4. The molecule has 1 fully saturated rings. The van der Waals surface area contributed by atoms with Crippen molar-refractivity contribution in [3.63, 3.8) is 0 Å². The van der Waals surface area contributed by atoms with E-state index in [1.54, 1.807) is 0 Å². The van der Waals surface area contributed by atoms with Gasteiger partial charge in [-0.2, -0.15) is 13.2 Å². The van der Waals surface area contributed by atoms with Gasteiger partial charge in [0, 0.05) is 6.61 Å². The van der Waals surface area contributed by atoms with Gasteiger partial charge in [-0.05, 0) is 31.0 Å². The van der Waals surface area contributed by atoms with E-state index in [0.29, 0.717) is 13.2 Å². The molecule has 100 valence electrons. The lowest BCUT2D eigenvalue weighted by molar-refractivity contribution is -0.137. The summed E-state index contributed by atoms with van der Waals surface area (Å²) >= 11 is 0. The molecule has 1 saturated heterocycles. The standard InChI is InChI=1S/C12H14F3NO2/c13-12(14,15)8-3-4-11(10(16)6-8)18-9-2-1-5-17-7-9/h3-4,6,9H,1-2,5,7,16H2. The van der Waals surface area contributed by atoms with Gasteiger partial charge in [0.15, 0.2) is 0 Å². The molecule has 1 atom stereocenters. The van der Waals surface area contributed by atoms with Crippen LogP contribution < -0.4 is 10.5 Å². The highest BCUT2D eigenvalue weighted by Gasteiger charge is 2.31. The minimum absolute atomic E-state index is 0.00426. The fourth-order valence-electron chi connectivity index (χ4n) is 1.82. The summed E-state index contributed by atoms with van der Waals surface area (Å²) in [5.74, 6) is 0.276. The van der Waals surface area contributed by atoms with Crippen LogP contribution in [-0.2, 0) is 10.9 Å². The summed E-state index contributed by atoms with van der Waals surface area (Å²) < 4.78 is 48.1. The zero-order chi connectivity index (χ0) is 13.2. The van der Waals surface area contributed by atoms with E-state index in [2.05, 4.69) is 0 Å². The summed E-state index contributed by atoms with van der Waals surface area (Å²) in [6.07, 6.45) is -2.83. The summed E-state index contributed by atoms with van der Waals surface area (Å²) in [5, 5.41) is 0. The Kier molecular flexibility index (Phi) is 3.65. The molecule has 1 unspecified atom stereocenters. The molecule has 18 heavy (non-hydrogen) atoms. The topological polar surface area (TPSA) is 44.5 Å². The third kappa shape index (κ3) is 3.07. The Morgan fingerprint density at radius 3 is 2.67 bits per heavy atom. The van der Waals surface area contributed by atoms with Crippen LogP contribution in [0, 0.1) is 0 Å². The quantitative estimate of drug-likeness (QED) is 0.832. The molecule has 0 amide bonds. The monoisotopic (exact) mass is 261 g/mol. The van der Waals surface area contributed by atoms with Gasteiger partial charge in [-0.3, -0.25) is 0 Å². The highest BCUT2D eigenvalue weighted by Crippen LogP contribution is 2.34. The van der Waals surface area contributed by atoms with Crippen LogP contribution in [0.3, 0.4) is 0 Å². The van der Waals surface area contributed by atoms with Crippen LogP contribution in [0.15, 0.2) is 18.2 Å². The summed E-state index contributed by atoms with van der Waals surface area (Å²) in [4.78, 5) is 0. The first-order chi connectivity index (χ1) is 8.47. The lowest BCUT2D eigenvalue weighted by atomic mass is 10.1. The zero-order valence-corrected chi connectivity index (χ0v) is 9.67. The van der Waals surface area contributed by atoms with Crippen LogP contribution in [0.2, 0.25) is 0 Å². The Balaban J connectivity index is 2.09. The summed E-state index contributed by atoms with van der Waals surface area (Å²) in [6.45, 7) is 1.14. The van der Waals surface area contributed by atoms with E-state index in [0.717, 1.165) is 25.0 Å². The van der Waals surface area contributed by atoms with E-state index in [1.807, 2.05) is 0 Å². The van der Waals surface area contributed by atoms with Gasteiger partial charge in [0.05, 0.1) is 17.9 Å². The Morgan fingerprint density at radius 1 is 1.33 bits per heavy atom. The van der Waals surface area contributed by atoms with Gasteiger partial charge in [0.1, 0.15) is 11.9 Å². The first-order valence-electron chi connectivity index (χ1n) is 5.68. The first kappa shape index (κ1) is 13.0. The molecule has 2 rings (SSSR count). The van der Waals surface area contributed by atoms with E-state index >= 15 is 0 Å². The average Bonchev–Trinajstić information content (AvgIpc) is 2.32. The third-order valence-electron chi connectivity index (χ3n) is 2.75. The normalized spacial score (nSPS) is 20.7. The smallest absolute Gasteiger partial charge is 0.416 e. The number of benzene rings is 1. The van der Waals surface area contributed by atoms with E-state index in [1.165, 1.54) is 6.07 Å². The van der Waals surface area contributed by atoms with Crippen molar-refractivity contribution in [1.82, 2.24) is 0 Å². The lowest BCUT2D eigenvalue weighted by Crippen LogP contribution is -2.28. The Labute approximate surface area is 103 Å². The van der Waals surface area contributed by atoms with E-state index in [-0.39, 0.29) is 17.5 Å². The number of halogens is 3. The number of rotatable bonds is 2. The number of anilines is 1. The summed E-state index contributed by atoms with van der Waals surface area (Å²) in [6, 6.07) is 3.11. The Bertz CT molecular complexity index is 414. The molecule has 1 heterocycles. The van der Waals surface area contributed by atoms with Gasteiger partial charge in [0.2, 0.25) is 0 Å². The molecule has 0 saturated carbocycles. The number of hydrogen-bond donors (Lipinski definition) is 1. The second-order valence-corrected chi connectivity index (χ2v) is 4.21. The van der Waals surface area contributed by atoms with Gasteiger partial charge in [-0.25, -0.2) is 0 Å². The van der Waals surface area contributed by atoms with Crippen molar-refractivity contribution in [2.24, 2.45) is 0 Å². The van der Waals surface area contributed by atoms with Crippen molar-refractivity contribution in [3.05, 3.63) is 23.8 Å².